The van der Waals surface area contributed by atoms with Gasteiger partial charge in [0, 0.05) is 6.20 Å². The van der Waals surface area contributed by atoms with Crippen LogP contribution in [0, 0.1) is 12.3 Å². The molecule has 0 aliphatic carbocycles. The summed E-state index contributed by atoms with van der Waals surface area (Å²) in [4.78, 5) is 48.2. The van der Waals surface area contributed by atoms with Crippen LogP contribution < -0.4 is 17.0 Å². The minimum absolute atomic E-state index is 0.154. The van der Waals surface area contributed by atoms with Crippen LogP contribution in [-0.2, 0) is 42.1 Å². The number of alkyl halides is 1. The summed E-state index contributed by atoms with van der Waals surface area (Å²) in [6.45, 7) is -6.04. The lowest BCUT2D eigenvalue weighted by Crippen LogP contribution is -2.46. The van der Waals surface area contributed by atoms with Crippen LogP contribution in [0.1, 0.15) is 12.5 Å². The summed E-state index contributed by atoms with van der Waals surface area (Å²) in [7, 11) is -2.94. The molecule has 24 heteroatoms. The van der Waals surface area contributed by atoms with Crippen molar-refractivity contribution in [2.24, 2.45) is 0 Å². The maximum absolute atomic E-state index is 15.8. The number of aliphatic hydroxyl groups excluding tert-OH is 2. The van der Waals surface area contributed by atoms with Crippen molar-refractivity contribution < 1.29 is 42.9 Å². The van der Waals surface area contributed by atoms with E-state index in [4.69, 9.17) is 60.0 Å². The monoisotopic (exact) mass is 718 g/mol. The first kappa shape index (κ1) is 32.9. The van der Waals surface area contributed by atoms with E-state index in [-0.39, 0.29) is 28.6 Å². The molecule has 10 atom stereocenters. The Bertz CT molecular complexity index is 1990. The molecule has 4 aromatic heterocycles. The zero-order valence-corrected chi connectivity index (χ0v) is 26.5. The average Bonchev–Trinajstić information content (AvgIpc) is 3.76. The van der Waals surface area contributed by atoms with E-state index in [0.29, 0.717) is 5.39 Å². The summed E-state index contributed by atoms with van der Waals surface area (Å²) >= 11 is 10.3. The third-order valence-electron chi connectivity index (χ3n) is 7.58. The first-order chi connectivity index (χ1) is 21.8. The van der Waals surface area contributed by atoms with E-state index in [0.717, 1.165) is 4.68 Å². The van der Waals surface area contributed by atoms with Crippen molar-refractivity contribution >= 4 is 71.2 Å². The fraction of sp³-hybridized carbons (Fsp3) is 0.455. The second kappa shape index (κ2) is 12.2. The summed E-state index contributed by atoms with van der Waals surface area (Å²) in [5, 5.41) is 29.1. The minimum Gasteiger partial charge on any atom is -0.394 e. The number of halogens is 1. The smallest absolute Gasteiger partial charge is 0.282 e. The highest BCUT2D eigenvalue weighted by atomic mass is 32.5. The lowest BCUT2D eigenvalue weighted by atomic mass is 9.97. The molecule has 9 N–H and O–H groups in total. The van der Waals surface area contributed by atoms with Gasteiger partial charge < -0.3 is 54.6 Å². The number of terminal acetylenes is 1. The second-order valence-electron chi connectivity index (χ2n) is 10.2. The Hall–Kier alpha value is -3.03. The van der Waals surface area contributed by atoms with E-state index < -0.39 is 80.6 Å². The number of fused-ring (bicyclic) bond motifs is 2. The van der Waals surface area contributed by atoms with Gasteiger partial charge in [-0.15, -0.1) is 11.5 Å². The quantitative estimate of drug-likeness (QED) is 0.0741. The van der Waals surface area contributed by atoms with Crippen LogP contribution in [0.2, 0.25) is 0 Å². The molecule has 4 aromatic rings. The summed E-state index contributed by atoms with van der Waals surface area (Å²) in [5.41, 5.74) is 6.83. The molecule has 246 valence electrons. The lowest BCUT2D eigenvalue weighted by Gasteiger charge is -2.33. The number of nitrogens with one attached hydrogen (secondary N) is 1. The van der Waals surface area contributed by atoms with Crippen LogP contribution in [0.5, 0.6) is 0 Å². The van der Waals surface area contributed by atoms with Crippen LogP contribution in [0.25, 0.3) is 22.2 Å². The van der Waals surface area contributed by atoms with Crippen LogP contribution >= 0.6 is 13.6 Å². The number of aliphatic hydroxyl groups is 2. The molecule has 2 fully saturated rings. The van der Waals surface area contributed by atoms with E-state index in [1.807, 2.05) is 0 Å². The number of aromatic amines is 1. The summed E-state index contributed by atoms with van der Waals surface area (Å²) in [6.07, 6.45) is -1.08. The summed E-state index contributed by atoms with van der Waals surface area (Å²) in [6, 6.07) is 1.58. The molecular weight excluding hydrogens is 693 g/mol. The molecule has 0 radical (unpaired) electrons. The van der Waals surface area contributed by atoms with Gasteiger partial charge in [-0.05, 0) is 29.7 Å². The predicted octanol–water partition coefficient (Wildman–Crippen LogP) is -1.82. The fourth-order valence-electron chi connectivity index (χ4n) is 5.44. The Labute approximate surface area is 267 Å². The van der Waals surface area contributed by atoms with Gasteiger partial charge in [0.2, 0.25) is 5.95 Å². The third-order valence-corrected chi connectivity index (χ3v) is 11.2. The van der Waals surface area contributed by atoms with Gasteiger partial charge >= 0.3 is 0 Å². The molecule has 2 saturated heterocycles. The molecule has 0 aromatic carbocycles. The number of anilines is 2. The minimum atomic E-state index is -4.41. The highest BCUT2D eigenvalue weighted by molar-refractivity contribution is 8.09. The van der Waals surface area contributed by atoms with Crippen LogP contribution in [0.3, 0.4) is 0 Å². The number of hydrogen-bond donors (Lipinski definition) is 7. The summed E-state index contributed by atoms with van der Waals surface area (Å²) in [5.74, 6) is 2.19. The predicted molar refractivity (Wildman–Crippen MR) is 165 cm³/mol. The number of ether oxygens (including phenoxy) is 2. The molecule has 0 spiro atoms. The topological polar surface area (TPSA) is 277 Å². The molecule has 6 rings (SSSR count). The Morgan fingerprint density at radius 1 is 1.33 bits per heavy atom. The van der Waals surface area contributed by atoms with Crippen molar-refractivity contribution in [2.45, 2.75) is 48.2 Å². The van der Waals surface area contributed by atoms with Gasteiger partial charge in [-0.25, -0.2) is 14.4 Å². The Morgan fingerprint density at radius 2 is 2.09 bits per heavy atom. The van der Waals surface area contributed by atoms with Crippen molar-refractivity contribution in [1.82, 2.24) is 39.5 Å². The Morgan fingerprint density at radius 3 is 2.78 bits per heavy atom. The summed E-state index contributed by atoms with van der Waals surface area (Å²) < 4.78 is 41.1. The third kappa shape index (κ3) is 5.41. The average molecular weight is 719 g/mol. The van der Waals surface area contributed by atoms with E-state index in [1.165, 1.54) is 17.1 Å². The van der Waals surface area contributed by atoms with Crippen molar-refractivity contribution in [1.29, 1.82) is 0 Å². The molecule has 0 amide bonds. The van der Waals surface area contributed by atoms with Gasteiger partial charge in [0.15, 0.2) is 42.9 Å². The SMILES string of the molecule is C#C[C@]1(COP(O)(=S)[C@@H]2[C@H](F)[C@@H](CO)O[C@H]2n2nnc3c(=O)[nH]c(N)nc32)O[C@@H](n2ccc3c(N)ncnc32)[C@H](O)[C@@H]1O[PH](O)=S. The maximum Gasteiger partial charge on any atom is 0.282 e. The van der Waals surface area contributed by atoms with Crippen molar-refractivity contribution in [3.05, 3.63) is 28.9 Å². The van der Waals surface area contributed by atoms with Gasteiger partial charge in [0.05, 0.1) is 18.6 Å². The highest BCUT2D eigenvalue weighted by Crippen LogP contribution is 2.59. The number of nitrogen functional groups attached to an aromatic ring is 2. The van der Waals surface area contributed by atoms with Crippen LogP contribution in [0.15, 0.2) is 23.4 Å². The van der Waals surface area contributed by atoms with Gasteiger partial charge in [0.25, 0.3) is 5.56 Å². The fourth-order valence-corrected chi connectivity index (χ4v) is 8.74. The highest BCUT2D eigenvalue weighted by Gasteiger charge is 2.59. The molecular formula is C22H25FN10O9P2S2. The van der Waals surface area contributed by atoms with Gasteiger partial charge in [-0.2, -0.15) is 9.67 Å². The number of hydrogen-bond acceptors (Lipinski definition) is 16. The zero-order valence-electron chi connectivity index (χ0n) is 23.0. The number of H-pyrrole nitrogens is 1. The standard InChI is InChI=1S/C22H25FN10O9P2S2/c1-2-22(14(42-43(37)45)12(35)19(41-22)32-4-3-8-15(24)26-7-27-16(8)32)6-39-44(38,46)13-10(23)9(5-34)40-20(13)33-17-11(30-31-33)18(36)29-21(25)28-17/h1,3-4,7,9-10,12-14,19-20,34-35,43H,5-6H2,(H,37,45)(H,38,46)(H2,24,26,27)(H3,25,28,29,36)/t9-,10-,12-,13-,14+,19-,20-,22-,44?/m1/s1. The molecule has 6 heterocycles. The van der Waals surface area contributed by atoms with Crippen molar-refractivity contribution in [3.63, 3.8) is 0 Å². The largest absolute Gasteiger partial charge is 0.394 e. The number of nitrogens with two attached hydrogens (primary N) is 2. The lowest BCUT2D eigenvalue weighted by molar-refractivity contribution is -0.0835. The van der Waals surface area contributed by atoms with Gasteiger partial charge in [-0.1, -0.05) is 11.1 Å². The van der Waals surface area contributed by atoms with Crippen LogP contribution in [-0.4, -0.2) is 108 Å². The molecule has 2 unspecified atom stereocenters. The Kier molecular flexibility index (Phi) is 8.73. The maximum atomic E-state index is 15.8. The molecule has 19 nitrogen and oxygen atoms in total. The second-order valence-corrected chi connectivity index (χ2v) is 15.6. The molecule has 2 aliphatic heterocycles. The van der Waals surface area contributed by atoms with Gasteiger partial charge in [-0.3, -0.25) is 9.78 Å². The molecule has 0 saturated carbocycles. The normalized spacial score (nSPS) is 31.7. The number of aromatic nitrogens is 8. The molecule has 46 heavy (non-hydrogen) atoms. The molecule has 2 aliphatic rings. The number of nitrogens with zero attached hydrogens (tertiary/aromatic N) is 7. The molecule has 0 bridgehead atoms. The first-order valence-electron chi connectivity index (χ1n) is 13.1. The van der Waals surface area contributed by atoms with Crippen molar-refractivity contribution in [2.75, 3.05) is 24.7 Å². The van der Waals surface area contributed by atoms with Crippen molar-refractivity contribution in [3.8, 4) is 12.3 Å². The number of rotatable bonds is 9. The van der Waals surface area contributed by atoms with Gasteiger partial charge in [0.1, 0.15) is 47.9 Å². The zero-order chi connectivity index (χ0) is 33.1. The Balaban J connectivity index is 1.34. The van der Waals surface area contributed by atoms with E-state index >= 15 is 4.39 Å². The van der Waals surface area contributed by atoms with E-state index in [1.54, 1.807) is 6.07 Å². The van der Waals surface area contributed by atoms with Crippen LogP contribution in [0.4, 0.5) is 16.2 Å². The van der Waals surface area contributed by atoms with E-state index in [2.05, 4.69) is 36.2 Å². The van der Waals surface area contributed by atoms with E-state index in [9.17, 15) is 24.8 Å². The first-order valence-corrected chi connectivity index (χ1v) is 18.3.